The summed E-state index contributed by atoms with van der Waals surface area (Å²) in [4.78, 5) is 12.1. The molecule has 0 aromatic heterocycles. The maximum absolute atomic E-state index is 12.1. The van der Waals surface area contributed by atoms with Gasteiger partial charge in [-0.05, 0) is 31.6 Å². The summed E-state index contributed by atoms with van der Waals surface area (Å²) in [7, 11) is 0. The fourth-order valence-electron chi connectivity index (χ4n) is 1.84. The lowest BCUT2D eigenvalue weighted by molar-refractivity contribution is -0.144. The Balaban J connectivity index is 2.06. The second-order valence-electron chi connectivity index (χ2n) is 4.37. The number of rotatable bonds is 3. The lowest BCUT2D eigenvalue weighted by atomic mass is 10.1. The molecule has 1 heterocycles. The van der Waals surface area contributed by atoms with Crippen LogP contribution in [0.1, 0.15) is 25.5 Å². The molecule has 0 bridgehead atoms. The standard InChI is InChI=1S/C14H16N2O2S/c1-9-12(8-15-14(19)16-9)13(17)18-10(2)11-6-4-3-5-7-11/h3-7,10H,8H2,1-2H3,(H2,15,16,19)/t10-/m1/s1. The number of hydrogen-bond donors (Lipinski definition) is 2. The predicted molar refractivity (Wildman–Crippen MR) is 77.4 cm³/mol. The summed E-state index contributed by atoms with van der Waals surface area (Å²) in [5.41, 5.74) is 2.30. The molecule has 0 spiro atoms. The highest BCUT2D eigenvalue weighted by Gasteiger charge is 2.21. The van der Waals surface area contributed by atoms with Crippen molar-refractivity contribution in [3.8, 4) is 0 Å². The third-order valence-corrected chi connectivity index (χ3v) is 3.23. The summed E-state index contributed by atoms with van der Waals surface area (Å²) < 4.78 is 5.46. The molecule has 2 rings (SSSR count). The molecule has 1 atom stereocenters. The first-order valence-electron chi connectivity index (χ1n) is 6.08. The van der Waals surface area contributed by atoms with Crippen LogP contribution in [0.4, 0.5) is 0 Å². The van der Waals surface area contributed by atoms with Crippen LogP contribution in [-0.4, -0.2) is 17.6 Å². The predicted octanol–water partition coefficient (Wildman–Crippen LogP) is 2.04. The van der Waals surface area contributed by atoms with Gasteiger partial charge in [-0.25, -0.2) is 4.79 Å². The Morgan fingerprint density at radius 2 is 2.05 bits per heavy atom. The highest BCUT2D eigenvalue weighted by molar-refractivity contribution is 7.80. The molecule has 1 aromatic rings. The fraction of sp³-hybridized carbons (Fsp3) is 0.286. The number of esters is 1. The van der Waals surface area contributed by atoms with Crippen molar-refractivity contribution < 1.29 is 9.53 Å². The minimum atomic E-state index is -0.323. The van der Waals surface area contributed by atoms with E-state index in [0.717, 1.165) is 11.3 Å². The van der Waals surface area contributed by atoms with Crippen LogP contribution in [0, 0.1) is 0 Å². The van der Waals surface area contributed by atoms with Gasteiger partial charge in [0.1, 0.15) is 6.10 Å². The fourth-order valence-corrected chi connectivity index (χ4v) is 2.07. The van der Waals surface area contributed by atoms with Gasteiger partial charge in [0, 0.05) is 5.70 Å². The van der Waals surface area contributed by atoms with Crippen LogP contribution < -0.4 is 10.6 Å². The van der Waals surface area contributed by atoms with E-state index in [1.54, 1.807) is 0 Å². The van der Waals surface area contributed by atoms with Gasteiger partial charge in [-0.1, -0.05) is 30.3 Å². The summed E-state index contributed by atoms with van der Waals surface area (Å²) in [6, 6.07) is 9.65. The molecule has 0 radical (unpaired) electrons. The first-order chi connectivity index (χ1) is 9.08. The quantitative estimate of drug-likeness (QED) is 0.653. The van der Waals surface area contributed by atoms with E-state index in [-0.39, 0.29) is 12.1 Å². The van der Waals surface area contributed by atoms with Gasteiger partial charge in [0.15, 0.2) is 5.11 Å². The molecule has 1 aromatic carbocycles. The van der Waals surface area contributed by atoms with Gasteiger partial charge in [-0.3, -0.25) is 0 Å². The van der Waals surface area contributed by atoms with Crippen LogP contribution in [0.15, 0.2) is 41.6 Å². The summed E-state index contributed by atoms with van der Waals surface area (Å²) in [6.07, 6.45) is -0.275. The zero-order valence-corrected chi connectivity index (χ0v) is 11.7. The third kappa shape index (κ3) is 3.32. The Morgan fingerprint density at radius 3 is 2.68 bits per heavy atom. The molecule has 0 amide bonds. The third-order valence-electron chi connectivity index (χ3n) is 2.98. The van der Waals surface area contributed by atoms with Gasteiger partial charge < -0.3 is 15.4 Å². The van der Waals surface area contributed by atoms with Gasteiger partial charge in [0.2, 0.25) is 0 Å². The van der Waals surface area contributed by atoms with E-state index >= 15 is 0 Å². The molecule has 2 N–H and O–H groups in total. The molecular weight excluding hydrogens is 260 g/mol. The summed E-state index contributed by atoms with van der Waals surface area (Å²) >= 11 is 4.98. The smallest absolute Gasteiger partial charge is 0.338 e. The van der Waals surface area contributed by atoms with Crippen molar-refractivity contribution in [2.24, 2.45) is 0 Å². The molecule has 19 heavy (non-hydrogen) atoms. The minimum absolute atomic E-state index is 0.275. The Kier molecular flexibility index (Phi) is 4.16. The van der Waals surface area contributed by atoms with Gasteiger partial charge in [-0.2, -0.15) is 0 Å². The molecule has 0 fully saturated rings. The highest BCUT2D eigenvalue weighted by Crippen LogP contribution is 2.18. The zero-order chi connectivity index (χ0) is 13.8. The first-order valence-corrected chi connectivity index (χ1v) is 6.49. The largest absolute Gasteiger partial charge is 0.454 e. The van der Waals surface area contributed by atoms with Gasteiger partial charge >= 0.3 is 5.97 Å². The van der Waals surface area contributed by atoms with E-state index in [9.17, 15) is 4.79 Å². The zero-order valence-electron chi connectivity index (χ0n) is 10.9. The lowest BCUT2D eigenvalue weighted by Crippen LogP contribution is -2.43. The topological polar surface area (TPSA) is 50.4 Å². The van der Waals surface area contributed by atoms with Gasteiger partial charge in [0.05, 0.1) is 12.1 Å². The molecule has 0 unspecified atom stereocenters. The molecule has 100 valence electrons. The van der Waals surface area contributed by atoms with Crippen molar-refractivity contribution in [1.82, 2.24) is 10.6 Å². The van der Waals surface area contributed by atoms with Crippen LogP contribution in [-0.2, 0) is 9.53 Å². The average Bonchev–Trinajstić information content (AvgIpc) is 2.39. The van der Waals surface area contributed by atoms with Crippen LogP contribution >= 0.6 is 12.2 Å². The molecule has 1 aliphatic heterocycles. The average molecular weight is 276 g/mol. The summed E-state index contributed by atoms with van der Waals surface area (Å²) in [5, 5.41) is 6.37. The SMILES string of the molecule is CC1=C(C(=O)O[C@H](C)c2ccccc2)CNC(=S)N1. The molecule has 0 saturated heterocycles. The summed E-state index contributed by atoms with van der Waals surface area (Å²) in [6.45, 7) is 4.08. The normalized spacial score (nSPS) is 16.4. The van der Waals surface area contributed by atoms with Crippen LogP contribution in [0.2, 0.25) is 0 Å². The molecule has 4 nitrogen and oxygen atoms in total. The number of ether oxygens (including phenoxy) is 1. The number of nitrogens with one attached hydrogen (secondary N) is 2. The van der Waals surface area contributed by atoms with Crippen LogP contribution in [0.3, 0.4) is 0 Å². The molecule has 0 aliphatic carbocycles. The van der Waals surface area contributed by atoms with E-state index in [1.165, 1.54) is 0 Å². The Morgan fingerprint density at radius 1 is 1.37 bits per heavy atom. The minimum Gasteiger partial charge on any atom is -0.454 e. The van der Waals surface area contributed by atoms with E-state index in [0.29, 0.717) is 17.2 Å². The van der Waals surface area contributed by atoms with Crippen molar-refractivity contribution in [2.45, 2.75) is 20.0 Å². The number of allylic oxidation sites excluding steroid dienone is 1. The second kappa shape index (κ2) is 5.84. The van der Waals surface area contributed by atoms with E-state index in [4.69, 9.17) is 17.0 Å². The molecule has 0 saturated carbocycles. The molecule has 5 heteroatoms. The van der Waals surface area contributed by atoms with E-state index < -0.39 is 0 Å². The van der Waals surface area contributed by atoms with Gasteiger partial charge in [-0.15, -0.1) is 0 Å². The second-order valence-corrected chi connectivity index (χ2v) is 4.78. The van der Waals surface area contributed by atoms with Crippen molar-refractivity contribution in [3.63, 3.8) is 0 Å². The van der Waals surface area contributed by atoms with Crippen molar-refractivity contribution >= 4 is 23.3 Å². The maximum atomic E-state index is 12.1. The van der Waals surface area contributed by atoms with Crippen molar-refractivity contribution in [2.75, 3.05) is 6.54 Å². The molecular formula is C14H16N2O2S. The summed E-state index contributed by atoms with van der Waals surface area (Å²) in [5.74, 6) is -0.323. The number of carbonyl (C=O) groups is 1. The van der Waals surface area contributed by atoms with Crippen LogP contribution in [0.25, 0.3) is 0 Å². The van der Waals surface area contributed by atoms with Crippen molar-refractivity contribution in [3.05, 3.63) is 47.2 Å². The number of thiocarbonyl (C=S) groups is 1. The van der Waals surface area contributed by atoms with Crippen molar-refractivity contribution in [1.29, 1.82) is 0 Å². The number of hydrogen-bond acceptors (Lipinski definition) is 3. The number of carbonyl (C=O) groups excluding carboxylic acids is 1. The monoisotopic (exact) mass is 276 g/mol. The Hall–Kier alpha value is -1.88. The highest BCUT2D eigenvalue weighted by atomic mass is 32.1. The lowest BCUT2D eigenvalue weighted by Gasteiger charge is -2.22. The molecule has 1 aliphatic rings. The first kappa shape index (κ1) is 13.5. The Labute approximate surface area is 117 Å². The Bertz CT molecular complexity index is 526. The van der Waals surface area contributed by atoms with E-state index in [2.05, 4.69) is 10.6 Å². The number of benzene rings is 1. The van der Waals surface area contributed by atoms with Gasteiger partial charge in [0.25, 0.3) is 0 Å². The van der Waals surface area contributed by atoms with Crippen LogP contribution in [0.5, 0.6) is 0 Å². The van der Waals surface area contributed by atoms with E-state index in [1.807, 2.05) is 44.2 Å². The maximum Gasteiger partial charge on any atom is 0.338 e.